The summed E-state index contributed by atoms with van der Waals surface area (Å²) in [6, 6.07) is 16.2. The molecule has 0 aliphatic heterocycles. The van der Waals surface area contributed by atoms with E-state index < -0.39 is 10.0 Å². The van der Waals surface area contributed by atoms with E-state index in [0.717, 1.165) is 11.1 Å². The number of sulfonamides is 1. The Balaban J connectivity index is 1.86. The van der Waals surface area contributed by atoms with Gasteiger partial charge in [-0.15, -0.1) is 0 Å². The normalized spacial score (nSPS) is 13.9. The quantitative estimate of drug-likeness (QED) is 0.598. The molecule has 2 atom stereocenters. The number of nitrogens with two attached hydrogens (primary N) is 1. The van der Waals surface area contributed by atoms with Crippen LogP contribution in [0.2, 0.25) is 0 Å². The molecular formula is C21H29N3O3S. The van der Waals surface area contributed by atoms with Crippen LogP contribution in [0.3, 0.4) is 0 Å². The second-order valence-electron chi connectivity index (χ2n) is 7.25. The van der Waals surface area contributed by atoms with E-state index in [9.17, 15) is 13.2 Å². The lowest BCUT2D eigenvalue weighted by molar-refractivity contribution is -0.123. The second-order valence-corrected chi connectivity index (χ2v) is 8.81. The number of hydrogen-bond acceptors (Lipinski definition) is 4. The molecule has 0 spiro atoms. The maximum absolute atomic E-state index is 12.4. The van der Waals surface area contributed by atoms with Gasteiger partial charge in [-0.25, -0.2) is 13.6 Å². The highest BCUT2D eigenvalue weighted by Gasteiger charge is 2.21. The van der Waals surface area contributed by atoms with Crippen LogP contribution >= 0.6 is 0 Å². The number of rotatable bonds is 9. The lowest BCUT2D eigenvalue weighted by atomic mass is 9.95. The van der Waals surface area contributed by atoms with Crippen molar-refractivity contribution in [3.8, 4) is 0 Å². The Kier molecular flexibility index (Phi) is 7.74. The smallest absolute Gasteiger partial charge is 0.238 e. The summed E-state index contributed by atoms with van der Waals surface area (Å²) in [7, 11) is -3.68. The van der Waals surface area contributed by atoms with Crippen LogP contribution in [-0.4, -0.2) is 26.9 Å². The van der Waals surface area contributed by atoms with Crippen molar-refractivity contribution >= 4 is 15.9 Å². The van der Waals surface area contributed by atoms with Crippen molar-refractivity contribution in [3.63, 3.8) is 0 Å². The summed E-state index contributed by atoms with van der Waals surface area (Å²) in [5, 5.41) is 11.4. The van der Waals surface area contributed by atoms with Gasteiger partial charge in [-0.2, -0.15) is 0 Å². The van der Waals surface area contributed by atoms with Crippen molar-refractivity contribution in [1.82, 2.24) is 10.6 Å². The average Bonchev–Trinajstić information content (AvgIpc) is 2.66. The number of hydrogen-bond donors (Lipinski definition) is 3. The molecule has 0 saturated heterocycles. The molecule has 4 N–H and O–H groups in total. The monoisotopic (exact) mass is 403 g/mol. The molecule has 152 valence electrons. The van der Waals surface area contributed by atoms with E-state index in [4.69, 9.17) is 5.14 Å². The minimum atomic E-state index is -3.68. The fourth-order valence-electron chi connectivity index (χ4n) is 3.01. The molecule has 0 fully saturated rings. The van der Waals surface area contributed by atoms with Crippen molar-refractivity contribution in [2.24, 2.45) is 11.1 Å². The minimum absolute atomic E-state index is 0.0669. The summed E-state index contributed by atoms with van der Waals surface area (Å²) in [5.74, 6) is 0.276. The number of carbonyl (C=O) groups is 1. The Morgan fingerprint density at radius 2 is 1.61 bits per heavy atom. The Morgan fingerprint density at radius 3 is 2.14 bits per heavy atom. The average molecular weight is 404 g/mol. The molecule has 6 nitrogen and oxygen atoms in total. The van der Waals surface area contributed by atoms with Crippen LogP contribution in [0.1, 0.15) is 37.9 Å². The summed E-state index contributed by atoms with van der Waals surface area (Å²) in [6.45, 7) is 6.58. The van der Waals surface area contributed by atoms with Gasteiger partial charge in [0.1, 0.15) is 0 Å². The highest BCUT2D eigenvalue weighted by Crippen LogP contribution is 2.21. The first-order valence-electron chi connectivity index (χ1n) is 9.39. The highest BCUT2D eigenvalue weighted by molar-refractivity contribution is 7.89. The Hall–Kier alpha value is -2.22. The first kappa shape index (κ1) is 22.1. The van der Waals surface area contributed by atoms with Gasteiger partial charge in [0.2, 0.25) is 15.9 Å². The molecule has 7 heteroatoms. The molecule has 28 heavy (non-hydrogen) atoms. The number of primary sulfonamides is 1. The molecule has 0 aliphatic carbocycles. The highest BCUT2D eigenvalue weighted by atomic mass is 32.2. The van der Waals surface area contributed by atoms with Gasteiger partial charge in [0.15, 0.2) is 0 Å². The zero-order chi connectivity index (χ0) is 20.7. The molecule has 0 radical (unpaired) electrons. The predicted octanol–water partition coefficient (Wildman–Crippen LogP) is 2.37. The van der Waals surface area contributed by atoms with E-state index in [-0.39, 0.29) is 22.9 Å². The SMILES string of the molecule is CC(C)[C@@H](N[C@@H](C)C(=O)NCCc1ccc(S(N)(=O)=O)cc1)c1ccccc1. The Morgan fingerprint density at radius 1 is 1.00 bits per heavy atom. The number of benzene rings is 2. The molecule has 2 aromatic carbocycles. The molecule has 1 amide bonds. The van der Waals surface area contributed by atoms with Crippen LogP contribution < -0.4 is 15.8 Å². The van der Waals surface area contributed by atoms with Gasteiger partial charge in [-0.3, -0.25) is 10.1 Å². The maximum Gasteiger partial charge on any atom is 0.238 e. The molecule has 0 bridgehead atoms. The lowest BCUT2D eigenvalue weighted by Gasteiger charge is -2.26. The van der Waals surface area contributed by atoms with Crippen molar-refractivity contribution in [2.45, 2.75) is 44.2 Å². The standard InChI is InChI=1S/C21H29N3O3S/c1-15(2)20(18-7-5-4-6-8-18)24-16(3)21(25)23-14-13-17-9-11-19(12-10-17)28(22,26)27/h4-12,15-16,20,24H,13-14H2,1-3H3,(H,23,25)(H2,22,26,27)/t16-,20+/m0/s1. The number of nitrogens with one attached hydrogen (secondary N) is 2. The summed E-state index contributed by atoms with van der Waals surface area (Å²) < 4.78 is 22.5. The van der Waals surface area contributed by atoms with Gasteiger partial charge in [-0.1, -0.05) is 56.3 Å². The van der Waals surface area contributed by atoms with E-state index in [1.54, 1.807) is 12.1 Å². The van der Waals surface area contributed by atoms with Crippen LogP contribution in [0, 0.1) is 5.92 Å². The molecule has 2 aromatic rings. The van der Waals surface area contributed by atoms with Crippen LogP contribution in [-0.2, 0) is 21.2 Å². The van der Waals surface area contributed by atoms with Crippen LogP contribution in [0.5, 0.6) is 0 Å². The molecule has 2 rings (SSSR count). The van der Waals surface area contributed by atoms with Gasteiger partial charge in [-0.05, 0) is 42.5 Å². The predicted molar refractivity (Wildman–Crippen MR) is 111 cm³/mol. The van der Waals surface area contributed by atoms with Gasteiger partial charge in [0, 0.05) is 12.6 Å². The van der Waals surface area contributed by atoms with E-state index in [0.29, 0.717) is 18.9 Å². The van der Waals surface area contributed by atoms with Crippen LogP contribution in [0.15, 0.2) is 59.5 Å². The third-order valence-electron chi connectivity index (χ3n) is 4.61. The second kappa shape index (κ2) is 9.82. The third-order valence-corrected chi connectivity index (χ3v) is 5.54. The van der Waals surface area contributed by atoms with Crippen molar-refractivity contribution in [2.75, 3.05) is 6.54 Å². The summed E-state index contributed by atoms with van der Waals surface area (Å²) >= 11 is 0. The van der Waals surface area contributed by atoms with Crippen molar-refractivity contribution < 1.29 is 13.2 Å². The summed E-state index contributed by atoms with van der Waals surface area (Å²) in [4.78, 5) is 12.5. The third kappa shape index (κ3) is 6.44. The van der Waals surface area contributed by atoms with Gasteiger partial charge < -0.3 is 5.32 Å². The topological polar surface area (TPSA) is 101 Å². The fourth-order valence-corrected chi connectivity index (χ4v) is 3.52. The number of amides is 1. The molecule has 0 saturated carbocycles. The number of carbonyl (C=O) groups excluding carboxylic acids is 1. The lowest BCUT2D eigenvalue weighted by Crippen LogP contribution is -2.45. The molecule has 0 heterocycles. The van der Waals surface area contributed by atoms with E-state index in [1.165, 1.54) is 12.1 Å². The summed E-state index contributed by atoms with van der Waals surface area (Å²) in [6.07, 6.45) is 0.607. The Bertz CT molecular complexity index is 866. The molecule has 0 unspecified atom stereocenters. The maximum atomic E-state index is 12.4. The van der Waals surface area contributed by atoms with Crippen molar-refractivity contribution in [1.29, 1.82) is 0 Å². The minimum Gasteiger partial charge on any atom is -0.354 e. The first-order chi connectivity index (χ1) is 13.2. The van der Waals surface area contributed by atoms with Gasteiger partial charge in [0.05, 0.1) is 10.9 Å². The first-order valence-corrected chi connectivity index (χ1v) is 10.9. The van der Waals surface area contributed by atoms with Gasteiger partial charge in [0.25, 0.3) is 0 Å². The van der Waals surface area contributed by atoms with Gasteiger partial charge >= 0.3 is 0 Å². The van der Waals surface area contributed by atoms with Crippen LogP contribution in [0.4, 0.5) is 0 Å². The van der Waals surface area contributed by atoms with E-state index in [2.05, 4.69) is 36.6 Å². The molecule has 0 aromatic heterocycles. The van der Waals surface area contributed by atoms with E-state index in [1.807, 2.05) is 25.1 Å². The van der Waals surface area contributed by atoms with Crippen molar-refractivity contribution in [3.05, 3.63) is 65.7 Å². The van der Waals surface area contributed by atoms with Crippen LogP contribution in [0.25, 0.3) is 0 Å². The fraction of sp³-hybridized carbons (Fsp3) is 0.381. The molecule has 0 aliphatic rings. The summed E-state index contributed by atoms with van der Waals surface area (Å²) in [5.41, 5.74) is 2.09. The zero-order valence-corrected chi connectivity index (χ0v) is 17.4. The largest absolute Gasteiger partial charge is 0.354 e. The molecular weight excluding hydrogens is 374 g/mol. The Labute approximate surface area is 167 Å². The van der Waals surface area contributed by atoms with E-state index >= 15 is 0 Å². The zero-order valence-electron chi connectivity index (χ0n) is 16.6.